The Labute approximate surface area is 244 Å². The fourth-order valence-corrected chi connectivity index (χ4v) is 4.99. The molecule has 3 N–H and O–H groups in total. The van der Waals surface area contributed by atoms with Gasteiger partial charge < -0.3 is 11.1 Å². The molecule has 0 bridgehead atoms. The third-order valence-corrected chi connectivity index (χ3v) is 7.03. The van der Waals surface area contributed by atoms with Crippen molar-refractivity contribution in [1.29, 1.82) is 5.26 Å². The van der Waals surface area contributed by atoms with Crippen LogP contribution in [0.3, 0.4) is 0 Å². The molecule has 0 aliphatic carbocycles. The maximum Gasteiger partial charge on any atom is 0.270 e. The van der Waals surface area contributed by atoms with Gasteiger partial charge in [0.2, 0.25) is 0 Å². The van der Waals surface area contributed by atoms with Gasteiger partial charge in [-0.05, 0) is 54.8 Å². The van der Waals surface area contributed by atoms with E-state index < -0.39 is 0 Å². The van der Waals surface area contributed by atoms with Crippen molar-refractivity contribution < 1.29 is 4.79 Å². The Hall–Kier alpha value is -5.21. The molecule has 0 unspecified atom stereocenters. The molecule has 6 rings (SSSR count). The van der Waals surface area contributed by atoms with Crippen molar-refractivity contribution in [2.24, 2.45) is 0 Å². The lowest BCUT2D eigenvalue weighted by molar-refractivity contribution is 0.0903. The fraction of sp³-hybridized carbons (Fsp3) is 0.258. The molecule has 5 heterocycles. The van der Waals surface area contributed by atoms with Crippen molar-refractivity contribution >= 4 is 22.9 Å². The summed E-state index contributed by atoms with van der Waals surface area (Å²) in [6, 6.07) is 19.4. The van der Waals surface area contributed by atoms with E-state index in [9.17, 15) is 4.79 Å². The monoisotopic (exact) mass is 560 g/mol. The summed E-state index contributed by atoms with van der Waals surface area (Å²) in [6.07, 6.45) is 6.33. The lowest BCUT2D eigenvalue weighted by atomic mass is 10.0. The van der Waals surface area contributed by atoms with Gasteiger partial charge in [-0.3, -0.25) is 14.3 Å². The van der Waals surface area contributed by atoms with Crippen LogP contribution < -0.4 is 11.1 Å². The number of amides is 1. The van der Waals surface area contributed by atoms with Crippen molar-refractivity contribution in [3.05, 3.63) is 90.3 Å². The molecule has 1 aliphatic heterocycles. The third-order valence-electron chi connectivity index (χ3n) is 7.03. The SMILES string of the molecule is CC.N#Cc1cc(C(=O)NC2CCN(Cc3ccc(-n4c(-c5cccnc5N)nc5cccnc54)cc3)CC2)ncn1. The average molecular weight is 561 g/mol. The van der Waals surface area contributed by atoms with Crippen molar-refractivity contribution in [3.63, 3.8) is 0 Å². The summed E-state index contributed by atoms with van der Waals surface area (Å²) >= 11 is 0. The van der Waals surface area contributed by atoms with Gasteiger partial charge in [0.15, 0.2) is 11.5 Å². The highest BCUT2D eigenvalue weighted by atomic mass is 16.1. The molecule has 1 aliphatic rings. The fourth-order valence-electron chi connectivity index (χ4n) is 4.99. The largest absolute Gasteiger partial charge is 0.383 e. The summed E-state index contributed by atoms with van der Waals surface area (Å²) in [4.78, 5) is 36.4. The van der Waals surface area contributed by atoms with Crippen LogP contribution in [0.15, 0.2) is 73.3 Å². The minimum Gasteiger partial charge on any atom is -0.383 e. The molecule has 0 radical (unpaired) electrons. The quantitative estimate of drug-likeness (QED) is 0.312. The first-order chi connectivity index (χ1) is 20.6. The molecule has 0 atom stereocenters. The number of rotatable bonds is 6. The lowest BCUT2D eigenvalue weighted by Crippen LogP contribution is -2.44. The molecule has 1 saturated heterocycles. The molecule has 1 aromatic carbocycles. The Morgan fingerprint density at radius 2 is 1.76 bits per heavy atom. The summed E-state index contributed by atoms with van der Waals surface area (Å²) in [7, 11) is 0. The van der Waals surface area contributed by atoms with E-state index in [0.29, 0.717) is 11.6 Å². The van der Waals surface area contributed by atoms with Crippen LogP contribution in [0, 0.1) is 11.3 Å². The number of aromatic nitrogens is 6. The number of nitriles is 1. The molecule has 1 fully saturated rings. The predicted octanol–water partition coefficient (Wildman–Crippen LogP) is 4.15. The maximum atomic E-state index is 12.6. The van der Waals surface area contributed by atoms with Crippen molar-refractivity contribution in [3.8, 4) is 23.1 Å². The average Bonchev–Trinajstić information content (AvgIpc) is 3.43. The number of hydrogen-bond donors (Lipinski definition) is 2. The molecule has 4 aromatic heterocycles. The van der Waals surface area contributed by atoms with E-state index in [0.717, 1.165) is 54.9 Å². The number of pyridine rings is 2. The van der Waals surface area contributed by atoms with Gasteiger partial charge in [-0.2, -0.15) is 5.26 Å². The van der Waals surface area contributed by atoms with E-state index in [1.807, 2.05) is 48.7 Å². The van der Waals surface area contributed by atoms with Gasteiger partial charge in [0, 0.05) is 49.8 Å². The van der Waals surface area contributed by atoms with E-state index >= 15 is 0 Å². The van der Waals surface area contributed by atoms with E-state index in [2.05, 4.69) is 54.4 Å². The number of benzene rings is 1. The van der Waals surface area contributed by atoms with Gasteiger partial charge in [0.25, 0.3) is 5.91 Å². The number of nitrogens with zero attached hydrogens (tertiary/aromatic N) is 8. The van der Waals surface area contributed by atoms with Crippen LogP contribution in [0.25, 0.3) is 28.2 Å². The standard InChI is InChI=1S/C29H26N10O.C2H6/c30-16-21-15-25(35-18-34-21)29(40)36-20-9-13-38(14-10-20)17-19-5-7-22(8-6-19)39-27(23-3-1-11-32-26(23)31)37-24-4-2-12-33-28(24)39;1-2/h1-8,11-12,15,18,20H,9-10,13-14,17H2,(H2,31,32)(H,36,40);1-2H3. The zero-order valence-corrected chi connectivity index (χ0v) is 23.6. The van der Waals surface area contributed by atoms with Gasteiger partial charge in [-0.1, -0.05) is 26.0 Å². The number of nitrogens with one attached hydrogen (secondary N) is 1. The first-order valence-electron chi connectivity index (χ1n) is 14.0. The molecule has 212 valence electrons. The minimum atomic E-state index is -0.276. The lowest BCUT2D eigenvalue weighted by Gasteiger charge is -2.32. The van der Waals surface area contributed by atoms with Crippen molar-refractivity contribution in [1.82, 2.24) is 39.7 Å². The first kappa shape index (κ1) is 28.3. The van der Waals surface area contributed by atoms with Gasteiger partial charge in [-0.25, -0.2) is 24.9 Å². The molecule has 11 heteroatoms. The number of carbonyl (C=O) groups excluding carboxylic acids is 1. The topological polar surface area (TPSA) is 152 Å². The zero-order valence-electron chi connectivity index (χ0n) is 23.6. The maximum absolute atomic E-state index is 12.6. The normalized spacial score (nSPS) is 13.6. The van der Waals surface area contributed by atoms with Gasteiger partial charge in [0.1, 0.15) is 35.1 Å². The van der Waals surface area contributed by atoms with E-state index in [-0.39, 0.29) is 23.3 Å². The number of carbonyl (C=O) groups is 1. The van der Waals surface area contributed by atoms with Gasteiger partial charge in [0.05, 0.1) is 5.56 Å². The highest BCUT2D eigenvalue weighted by molar-refractivity contribution is 5.92. The number of imidazole rings is 1. The van der Waals surface area contributed by atoms with E-state index in [1.165, 1.54) is 18.0 Å². The van der Waals surface area contributed by atoms with Crippen LogP contribution in [0.4, 0.5) is 5.82 Å². The highest BCUT2D eigenvalue weighted by Crippen LogP contribution is 2.30. The molecule has 0 saturated carbocycles. The third kappa shape index (κ3) is 6.09. The highest BCUT2D eigenvalue weighted by Gasteiger charge is 2.22. The van der Waals surface area contributed by atoms with Crippen LogP contribution in [0.5, 0.6) is 0 Å². The van der Waals surface area contributed by atoms with Crippen molar-refractivity contribution in [2.45, 2.75) is 39.3 Å². The molecule has 5 aromatic rings. The summed E-state index contributed by atoms with van der Waals surface area (Å²) in [5.41, 5.74) is 11.0. The number of fused-ring (bicyclic) bond motifs is 1. The number of likely N-dealkylation sites (tertiary alicyclic amines) is 1. The van der Waals surface area contributed by atoms with Crippen LogP contribution in [-0.4, -0.2) is 59.4 Å². The summed E-state index contributed by atoms with van der Waals surface area (Å²) in [5.74, 6) is 0.836. The zero-order chi connectivity index (χ0) is 29.5. The number of nitrogen functional groups attached to an aromatic ring is 1. The second-order valence-corrected chi connectivity index (χ2v) is 9.64. The molecular weight excluding hydrogens is 528 g/mol. The van der Waals surface area contributed by atoms with E-state index in [4.69, 9.17) is 16.0 Å². The first-order valence-corrected chi connectivity index (χ1v) is 14.0. The molecule has 42 heavy (non-hydrogen) atoms. The van der Waals surface area contributed by atoms with E-state index in [1.54, 1.807) is 12.4 Å². The number of piperidine rings is 1. The summed E-state index contributed by atoms with van der Waals surface area (Å²) in [5, 5.41) is 12.0. The number of nitrogens with two attached hydrogens (primary N) is 1. The Balaban J connectivity index is 0.00000173. The second-order valence-electron chi connectivity index (χ2n) is 9.64. The van der Waals surface area contributed by atoms with Gasteiger partial charge in [-0.15, -0.1) is 0 Å². The number of hydrogen-bond acceptors (Lipinski definition) is 9. The van der Waals surface area contributed by atoms with Crippen LogP contribution in [0.1, 0.15) is 48.4 Å². The van der Waals surface area contributed by atoms with Crippen LogP contribution in [-0.2, 0) is 6.54 Å². The van der Waals surface area contributed by atoms with Crippen LogP contribution >= 0.6 is 0 Å². The molecule has 0 spiro atoms. The summed E-state index contributed by atoms with van der Waals surface area (Å²) in [6.45, 7) is 6.53. The second kappa shape index (κ2) is 13.0. The Morgan fingerprint density at radius 1 is 1.02 bits per heavy atom. The Kier molecular flexibility index (Phi) is 8.75. The smallest absolute Gasteiger partial charge is 0.270 e. The predicted molar refractivity (Wildman–Crippen MR) is 160 cm³/mol. The minimum absolute atomic E-state index is 0.0620. The van der Waals surface area contributed by atoms with Crippen LogP contribution in [0.2, 0.25) is 0 Å². The van der Waals surface area contributed by atoms with Crippen molar-refractivity contribution in [2.75, 3.05) is 18.8 Å². The van der Waals surface area contributed by atoms with Gasteiger partial charge >= 0.3 is 0 Å². The Bertz CT molecular complexity index is 1720. The molecule has 1 amide bonds. The Morgan fingerprint density at radius 3 is 2.50 bits per heavy atom. The molecular formula is C31H32N10O. The number of anilines is 1. The molecule has 11 nitrogen and oxygen atoms in total. The summed E-state index contributed by atoms with van der Waals surface area (Å²) < 4.78 is 2.01.